The van der Waals surface area contributed by atoms with Gasteiger partial charge in [-0.05, 0) is 55.9 Å². The largest absolute Gasteiger partial charge is 0.508 e. The third-order valence-corrected chi connectivity index (χ3v) is 5.95. The molecule has 0 heterocycles. The van der Waals surface area contributed by atoms with Crippen molar-refractivity contribution in [1.29, 1.82) is 0 Å². The summed E-state index contributed by atoms with van der Waals surface area (Å²) < 4.78 is 0. The summed E-state index contributed by atoms with van der Waals surface area (Å²) in [4.78, 5) is 0. The number of phenolic OH excluding ortho intramolecular Hbond substituents is 1. The normalized spacial score (nSPS) is 17.0. The van der Waals surface area contributed by atoms with Gasteiger partial charge in [0.15, 0.2) is 6.29 Å². The molecular weight excluding hydrogens is 312 g/mol. The average molecular weight is 340 g/mol. The highest BCUT2D eigenvalue weighted by Gasteiger charge is 2.37. The lowest BCUT2D eigenvalue weighted by molar-refractivity contribution is -0.0437. The van der Waals surface area contributed by atoms with E-state index in [4.69, 9.17) is 0 Å². The zero-order valence-corrected chi connectivity index (χ0v) is 15.1. The van der Waals surface area contributed by atoms with E-state index in [0.29, 0.717) is 11.3 Å². The zero-order valence-electron chi connectivity index (χ0n) is 15.1. The lowest BCUT2D eigenvalue weighted by atomic mass is 9.65. The van der Waals surface area contributed by atoms with E-state index in [1.165, 1.54) is 6.42 Å². The van der Waals surface area contributed by atoms with Gasteiger partial charge in [0.05, 0.1) is 0 Å². The minimum Gasteiger partial charge on any atom is -0.508 e. The first-order valence-electron chi connectivity index (χ1n) is 9.18. The van der Waals surface area contributed by atoms with Crippen molar-refractivity contribution in [2.75, 3.05) is 0 Å². The minimum atomic E-state index is -1.47. The molecule has 1 aliphatic carbocycles. The minimum absolute atomic E-state index is 0.144. The van der Waals surface area contributed by atoms with E-state index in [2.05, 4.69) is 6.07 Å². The number of phenols is 1. The van der Waals surface area contributed by atoms with E-state index < -0.39 is 6.29 Å². The molecule has 2 aromatic carbocycles. The monoisotopic (exact) mass is 340 g/mol. The fraction of sp³-hybridized carbons (Fsp3) is 0.455. The highest BCUT2D eigenvalue weighted by Crippen LogP contribution is 2.46. The number of aliphatic hydroxyl groups is 2. The second-order valence-electron chi connectivity index (χ2n) is 7.49. The Labute approximate surface area is 150 Å². The number of aliphatic hydroxyl groups excluding tert-OH is 1. The van der Waals surface area contributed by atoms with Crippen LogP contribution in [0.2, 0.25) is 0 Å². The summed E-state index contributed by atoms with van der Waals surface area (Å²) in [6, 6.07) is 11.7. The molecule has 0 radical (unpaired) electrons. The molecule has 134 valence electrons. The van der Waals surface area contributed by atoms with Crippen LogP contribution < -0.4 is 0 Å². The van der Waals surface area contributed by atoms with Crippen LogP contribution in [0, 0.1) is 13.8 Å². The Kier molecular flexibility index (Phi) is 5.16. The van der Waals surface area contributed by atoms with Crippen molar-refractivity contribution in [1.82, 2.24) is 0 Å². The molecule has 0 amide bonds. The summed E-state index contributed by atoms with van der Waals surface area (Å²) in [7, 11) is 0. The third kappa shape index (κ3) is 3.44. The number of hydrogen-bond acceptors (Lipinski definition) is 3. The molecule has 3 rings (SSSR count). The highest BCUT2D eigenvalue weighted by atomic mass is 16.5. The van der Waals surface area contributed by atoms with Gasteiger partial charge in [-0.2, -0.15) is 0 Å². The Morgan fingerprint density at radius 2 is 1.64 bits per heavy atom. The fourth-order valence-electron chi connectivity index (χ4n) is 4.46. The van der Waals surface area contributed by atoms with Gasteiger partial charge in [-0.25, -0.2) is 0 Å². The van der Waals surface area contributed by atoms with E-state index in [1.54, 1.807) is 6.07 Å². The number of benzene rings is 2. The van der Waals surface area contributed by atoms with Crippen LogP contribution >= 0.6 is 0 Å². The molecule has 3 heteroatoms. The van der Waals surface area contributed by atoms with Crippen molar-refractivity contribution < 1.29 is 15.3 Å². The van der Waals surface area contributed by atoms with Gasteiger partial charge in [-0.15, -0.1) is 0 Å². The van der Waals surface area contributed by atoms with Gasteiger partial charge in [0.25, 0.3) is 0 Å². The smallest absolute Gasteiger partial charge is 0.178 e. The SMILES string of the molecule is Cc1ccc(CC2(c3ccccc3O)CCCCC2)c(C(O)O)c1C. The molecule has 25 heavy (non-hydrogen) atoms. The summed E-state index contributed by atoms with van der Waals surface area (Å²) in [5.74, 6) is 0.347. The van der Waals surface area contributed by atoms with Crippen molar-refractivity contribution >= 4 is 0 Å². The molecule has 0 spiro atoms. The molecule has 1 saturated carbocycles. The van der Waals surface area contributed by atoms with Crippen molar-refractivity contribution in [3.63, 3.8) is 0 Å². The van der Waals surface area contributed by atoms with Crippen LogP contribution in [0.4, 0.5) is 0 Å². The molecule has 0 bridgehead atoms. The second-order valence-corrected chi connectivity index (χ2v) is 7.49. The van der Waals surface area contributed by atoms with Crippen LogP contribution in [-0.4, -0.2) is 15.3 Å². The molecule has 0 atom stereocenters. The number of hydrogen-bond donors (Lipinski definition) is 3. The van der Waals surface area contributed by atoms with E-state index in [0.717, 1.165) is 54.4 Å². The number of para-hydroxylation sites is 1. The van der Waals surface area contributed by atoms with Crippen molar-refractivity contribution in [2.45, 2.75) is 64.1 Å². The van der Waals surface area contributed by atoms with Crippen LogP contribution in [0.5, 0.6) is 5.75 Å². The maximum atomic E-state index is 10.5. The Morgan fingerprint density at radius 3 is 2.28 bits per heavy atom. The zero-order chi connectivity index (χ0) is 18.0. The molecule has 0 unspecified atom stereocenters. The average Bonchev–Trinajstić information content (AvgIpc) is 2.59. The summed E-state index contributed by atoms with van der Waals surface area (Å²) in [6.07, 6.45) is 4.76. The molecule has 1 fully saturated rings. The lowest BCUT2D eigenvalue weighted by Gasteiger charge is -2.39. The standard InChI is InChI=1S/C22H28O3/c1-15-10-11-17(20(16(15)2)21(24)25)14-22(12-6-3-7-13-22)18-8-4-5-9-19(18)23/h4-5,8-11,21,23-25H,3,6-7,12-14H2,1-2H3. The van der Waals surface area contributed by atoms with Crippen molar-refractivity contribution in [2.24, 2.45) is 0 Å². The molecule has 0 saturated heterocycles. The molecule has 2 aromatic rings. The molecule has 1 aliphatic rings. The first-order valence-corrected chi connectivity index (χ1v) is 9.18. The Hall–Kier alpha value is -1.84. The summed E-state index contributed by atoms with van der Waals surface area (Å²) in [6.45, 7) is 3.94. The van der Waals surface area contributed by atoms with Crippen LogP contribution in [-0.2, 0) is 11.8 Å². The molecule has 3 nitrogen and oxygen atoms in total. The number of aromatic hydroxyl groups is 1. The van der Waals surface area contributed by atoms with E-state index in [9.17, 15) is 15.3 Å². The summed E-state index contributed by atoms with van der Waals surface area (Å²) in [5.41, 5.74) is 4.45. The fourth-order valence-corrected chi connectivity index (χ4v) is 4.46. The van der Waals surface area contributed by atoms with Crippen molar-refractivity contribution in [3.8, 4) is 5.75 Å². The molecule has 3 N–H and O–H groups in total. The van der Waals surface area contributed by atoms with E-state index in [1.807, 2.05) is 38.1 Å². The predicted octanol–water partition coefficient (Wildman–Crippen LogP) is 4.44. The Bertz CT molecular complexity index is 743. The molecule has 0 aromatic heterocycles. The van der Waals surface area contributed by atoms with Crippen LogP contribution in [0.3, 0.4) is 0 Å². The Balaban J connectivity index is 2.09. The van der Waals surface area contributed by atoms with Gasteiger partial charge in [0.1, 0.15) is 5.75 Å². The highest BCUT2D eigenvalue weighted by molar-refractivity contribution is 5.45. The van der Waals surface area contributed by atoms with E-state index >= 15 is 0 Å². The van der Waals surface area contributed by atoms with Gasteiger partial charge in [0, 0.05) is 16.5 Å². The maximum Gasteiger partial charge on any atom is 0.178 e. The van der Waals surface area contributed by atoms with Gasteiger partial charge in [-0.1, -0.05) is 49.6 Å². The summed E-state index contributed by atoms with van der Waals surface area (Å²) in [5, 5.41) is 30.4. The summed E-state index contributed by atoms with van der Waals surface area (Å²) >= 11 is 0. The van der Waals surface area contributed by atoms with Gasteiger partial charge >= 0.3 is 0 Å². The van der Waals surface area contributed by atoms with E-state index in [-0.39, 0.29) is 5.41 Å². The molecule has 0 aliphatic heterocycles. The van der Waals surface area contributed by atoms with Crippen LogP contribution in [0.25, 0.3) is 0 Å². The van der Waals surface area contributed by atoms with Gasteiger partial charge in [-0.3, -0.25) is 0 Å². The first kappa shape index (κ1) is 18.0. The predicted molar refractivity (Wildman–Crippen MR) is 99.7 cm³/mol. The maximum absolute atomic E-state index is 10.5. The van der Waals surface area contributed by atoms with Gasteiger partial charge < -0.3 is 15.3 Å². The number of aryl methyl sites for hydroxylation is 1. The van der Waals surface area contributed by atoms with Crippen molar-refractivity contribution in [3.05, 3.63) is 64.2 Å². The van der Waals surface area contributed by atoms with Crippen LogP contribution in [0.1, 0.15) is 66.2 Å². The third-order valence-electron chi connectivity index (χ3n) is 5.95. The lowest BCUT2D eigenvalue weighted by Crippen LogP contribution is -2.32. The van der Waals surface area contributed by atoms with Crippen LogP contribution in [0.15, 0.2) is 36.4 Å². The second kappa shape index (κ2) is 7.19. The quantitative estimate of drug-likeness (QED) is 0.721. The number of rotatable bonds is 4. The topological polar surface area (TPSA) is 60.7 Å². The van der Waals surface area contributed by atoms with Gasteiger partial charge in [0.2, 0.25) is 0 Å². The first-order chi connectivity index (χ1) is 11.9. The molecular formula is C22H28O3. The Morgan fingerprint density at radius 1 is 0.960 bits per heavy atom.